The summed E-state index contributed by atoms with van der Waals surface area (Å²) in [6, 6.07) is 7.56. The summed E-state index contributed by atoms with van der Waals surface area (Å²) in [4.78, 5) is 30.4. The number of hydrogen-bond acceptors (Lipinski definition) is 3. The number of hydrogen-bond donors (Lipinski definition) is 1. The fourth-order valence-electron chi connectivity index (χ4n) is 13.2. The molecule has 1 aromatic rings. The van der Waals surface area contributed by atoms with E-state index >= 15 is 0 Å². The molecular formula is C42H62N2O3. The van der Waals surface area contributed by atoms with Crippen LogP contribution in [0.4, 0.5) is 0 Å². The van der Waals surface area contributed by atoms with Gasteiger partial charge in [0.2, 0.25) is 5.91 Å². The van der Waals surface area contributed by atoms with Gasteiger partial charge >= 0.3 is 5.97 Å². The number of nitrogens with zero attached hydrogens (tertiary/aromatic N) is 2. The first-order valence-electron chi connectivity index (χ1n) is 18.5. The van der Waals surface area contributed by atoms with Crippen LogP contribution in [0.15, 0.2) is 42.5 Å². The van der Waals surface area contributed by atoms with E-state index in [4.69, 9.17) is 0 Å². The molecule has 0 heterocycles. The molecule has 0 aromatic heterocycles. The smallest absolute Gasteiger partial charge is 0.335 e. The van der Waals surface area contributed by atoms with E-state index in [9.17, 15) is 14.7 Å². The molecule has 5 aliphatic carbocycles. The first-order valence-corrected chi connectivity index (χ1v) is 18.5. The zero-order valence-electron chi connectivity index (χ0n) is 30.9. The summed E-state index contributed by atoms with van der Waals surface area (Å²) in [6.07, 6.45) is 12.8. The summed E-state index contributed by atoms with van der Waals surface area (Å²) >= 11 is 0. The highest BCUT2D eigenvalue weighted by Crippen LogP contribution is 2.77. The minimum absolute atomic E-state index is 0.00138. The molecule has 4 saturated carbocycles. The van der Waals surface area contributed by atoms with E-state index < -0.39 is 5.97 Å². The maximum atomic E-state index is 14.6. The van der Waals surface area contributed by atoms with Crippen LogP contribution in [0, 0.1) is 56.7 Å². The van der Waals surface area contributed by atoms with Crippen molar-refractivity contribution in [2.75, 3.05) is 34.2 Å². The zero-order chi connectivity index (χ0) is 34.3. The zero-order valence-corrected chi connectivity index (χ0v) is 30.9. The summed E-state index contributed by atoms with van der Waals surface area (Å²) in [5.41, 5.74) is 4.56. The molecule has 5 aliphatic rings. The van der Waals surface area contributed by atoms with E-state index in [2.05, 4.69) is 78.1 Å². The molecule has 5 nitrogen and oxygen atoms in total. The quantitative estimate of drug-likeness (QED) is 0.302. The van der Waals surface area contributed by atoms with Gasteiger partial charge in [0, 0.05) is 20.1 Å². The largest absolute Gasteiger partial charge is 0.478 e. The molecule has 0 radical (unpaired) electrons. The van der Waals surface area contributed by atoms with Gasteiger partial charge in [0.25, 0.3) is 0 Å². The Hall–Kier alpha value is -2.40. The number of carboxylic acids is 1. The molecule has 0 saturated heterocycles. The number of carboxylic acid groups (broad SMARTS) is 1. The minimum Gasteiger partial charge on any atom is -0.478 e. The van der Waals surface area contributed by atoms with Gasteiger partial charge in [0.05, 0.1) is 11.0 Å². The van der Waals surface area contributed by atoms with Crippen molar-refractivity contribution in [1.29, 1.82) is 0 Å². The van der Waals surface area contributed by atoms with E-state index in [0.29, 0.717) is 41.1 Å². The molecule has 5 heteroatoms. The average molecular weight is 643 g/mol. The average Bonchev–Trinajstić information content (AvgIpc) is 3.41. The van der Waals surface area contributed by atoms with Crippen molar-refractivity contribution in [3.05, 3.63) is 53.6 Å². The van der Waals surface area contributed by atoms with Crippen LogP contribution in [0.3, 0.4) is 0 Å². The number of allylic oxidation sites excluding steroid dienone is 3. The lowest BCUT2D eigenvalue weighted by atomic mass is 9.32. The van der Waals surface area contributed by atoms with Gasteiger partial charge < -0.3 is 14.9 Å². The van der Waals surface area contributed by atoms with Gasteiger partial charge in [-0.3, -0.25) is 4.79 Å². The van der Waals surface area contributed by atoms with Crippen molar-refractivity contribution < 1.29 is 14.7 Å². The first-order chi connectivity index (χ1) is 21.9. The Labute approximate surface area is 285 Å². The Balaban J connectivity index is 1.34. The molecular weight excluding hydrogens is 580 g/mol. The van der Waals surface area contributed by atoms with Crippen LogP contribution in [0.2, 0.25) is 0 Å². The second-order valence-electron chi connectivity index (χ2n) is 18.3. The molecule has 47 heavy (non-hydrogen) atoms. The SMILES string of the molecule is C=C(C)[C@@H]1CC[C@]2(C(=O)N(C)CCN(C)C)CC[C@]3(C)C(CCC4[C@@]5(C)CC=C(c6ccc(C(=O)O)cc6)C(C)(C)C5CC[C@]43C)C12. The molecule has 6 rings (SSSR count). The van der Waals surface area contributed by atoms with Gasteiger partial charge in [0.15, 0.2) is 0 Å². The summed E-state index contributed by atoms with van der Waals surface area (Å²) in [5.74, 6) is 2.10. The Morgan fingerprint density at radius 2 is 1.53 bits per heavy atom. The van der Waals surface area contributed by atoms with Crippen molar-refractivity contribution in [3.63, 3.8) is 0 Å². The van der Waals surface area contributed by atoms with Crippen LogP contribution < -0.4 is 0 Å². The highest BCUT2D eigenvalue weighted by atomic mass is 16.4. The summed E-state index contributed by atoms with van der Waals surface area (Å²) in [5, 5.41) is 9.47. The Bertz CT molecular complexity index is 1460. The summed E-state index contributed by atoms with van der Waals surface area (Å²) < 4.78 is 0. The molecule has 4 fully saturated rings. The second kappa shape index (κ2) is 11.6. The standard InChI is InChI=1S/C42H62N2O3/c1-27(2)30-17-22-42(37(47)44(10)26-25-43(8)9)24-23-40(6)32(35(30)42)15-16-34-39(5)20-18-31(28-11-13-29(14-12-28)36(45)46)38(3,4)33(39)19-21-41(34,40)7/h11-14,18,30,32-35H,1,15-17,19-26H2,2-10H3,(H,45,46)/t30-,32?,33?,34?,35?,39-,40+,41+,42-/m0/s1. The van der Waals surface area contributed by atoms with E-state index in [1.807, 2.05) is 19.2 Å². The van der Waals surface area contributed by atoms with Crippen LogP contribution in [0.1, 0.15) is 115 Å². The Morgan fingerprint density at radius 3 is 2.15 bits per heavy atom. The fourth-order valence-corrected chi connectivity index (χ4v) is 13.2. The number of carbonyl (C=O) groups excluding carboxylic acids is 1. The molecule has 258 valence electrons. The normalized spacial score (nSPS) is 40.4. The highest BCUT2D eigenvalue weighted by Gasteiger charge is 2.71. The van der Waals surface area contributed by atoms with E-state index in [-0.39, 0.29) is 27.1 Å². The van der Waals surface area contributed by atoms with Crippen molar-refractivity contribution in [3.8, 4) is 0 Å². The van der Waals surface area contributed by atoms with Gasteiger partial charge in [-0.25, -0.2) is 4.79 Å². The first kappa shape index (κ1) is 34.5. The van der Waals surface area contributed by atoms with Gasteiger partial charge in [-0.1, -0.05) is 65.0 Å². The number of benzene rings is 1. The predicted octanol–water partition coefficient (Wildman–Crippen LogP) is 9.06. The highest BCUT2D eigenvalue weighted by molar-refractivity contribution is 5.88. The van der Waals surface area contributed by atoms with E-state index in [0.717, 1.165) is 45.2 Å². The molecule has 0 bridgehead atoms. The van der Waals surface area contributed by atoms with Crippen LogP contribution in [0.25, 0.3) is 5.57 Å². The minimum atomic E-state index is -0.871. The Morgan fingerprint density at radius 1 is 0.851 bits per heavy atom. The van der Waals surface area contributed by atoms with Gasteiger partial charge in [-0.15, -0.1) is 0 Å². The van der Waals surface area contributed by atoms with Crippen LogP contribution >= 0.6 is 0 Å². The topological polar surface area (TPSA) is 60.9 Å². The molecule has 1 N–H and O–H groups in total. The second-order valence-corrected chi connectivity index (χ2v) is 18.3. The van der Waals surface area contributed by atoms with Crippen LogP contribution in [-0.4, -0.2) is 61.0 Å². The van der Waals surface area contributed by atoms with Crippen molar-refractivity contribution in [2.45, 2.75) is 99.3 Å². The summed E-state index contributed by atoms with van der Waals surface area (Å²) in [7, 11) is 6.23. The number of fused-ring (bicyclic) bond motifs is 7. The lowest BCUT2D eigenvalue weighted by molar-refractivity contribution is -0.226. The van der Waals surface area contributed by atoms with Gasteiger partial charge in [-0.05, 0) is 153 Å². The predicted molar refractivity (Wildman–Crippen MR) is 192 cm³/mol. The van der Waals surface area contributed by atoms with E-state index in [1.54, 1.807) is 12.1 Å². The molecule has 9 atom stereocenters. The number of likely N-dealkylation sites (N-methyl/N-ethyl adjacent to an activating group) is 2. The van der Waals surface area contributed by atoms with Crippen LogP contribution in [-0.2, 0) is 4.79 Å². The molecule has 4 unspecified atom stereocenters. The molecule has 1 aromatic carbocycles. The molecule has 0 spiro atoms. The van der Waals surface area contributed by atoms with E-state index in [1.165, 1.54) is 42.4 Å². The number of aromatic carboxylic acids is 1. The third-order valence-corrected chi connectivity index (χ3v) is 15.7. The van der Waals surface area contributed by atoms with Crippen molar-refractivity contribution in [2.24, 2.45) is 56.7 Å². The third-order valence-electron chi connectivity index (χ3n) is 15.7. The van der Waals surface area contributed by atoms with Crippen LogP contribution in [0.5, 0.6) is 0 Å². The third kappa shape index (κ3) is 4.94. The lowest BCUT2D eigenvalue weighted by Gasteiger charge is -2.72. The number of carbonyl (C=O) groups is 2. The van der Waals surface area contributed by atoms with Gasteiger partial charge in [-0.2, -0.15) is 0 Å². The summed E-state index contributed by atoms with van der Waals surface area (Å²) in [6.45, 7) is 21.3. The van der Waals surface area contributed by atoms with Crippen molar-refractivity contribution in [1.82, 2.24) is 9.80 Å². The monoisotopic (exact) mass is 642 g/mol. The maximum absolute atomic E-state index is 14.6. The van der Waals surface area contributed by atoms with Gasteiger partial charge in [0.1, 0.15) is 0 Å². The molecule has 1 amide bonds. The lowest BCUT2D eigenvalue weighted by Crippen LogP contribution is -2.66. The van der Waals surface area contributed by atoms with Crippen molar-refractivity contribution >= 4 is 17.4 Å². The number of amides is 1. The Kier molecular flexibility index (Phi) is 8.50. The number of rotatable bonds is 7. The maximum Gasteiger partial charge on any atom is 0.335 e. The molecule has 0 aliphatic heterocycles. The fraction of sp³-hybridized carbons (Fsp3) is 0.714.